The summed E-state index contributed by atoms with van der Waals surface area (Å²) >= 11 is 0. The van der Waals surface area contributed by atoms with Crippen LogP contribution in [0.2, 0.25) is 0 Å². The molecule has 0 fully saturated rings. The van der Waals surface area contributed by atoms with E-state index < -0.39 is 14.4 Å². The number of amides is 1. The standard InChI is InChI=1S/C13H17F3NO5P/c1-10(18)17(7-2-8-23(19)20)21-9-11-3-5-12(6-4-11)22-13(14,15)16/h3-6,23H,2,7-9H2,1H3,(H,19,20). The third kappa shape index (κ3) is 8.59. The maximum atomic E-state index is 12.0. The molecule has 1 aromatic carbocycles. The van der Waals surface area contributed by atoms with Crippen molar-refractivity contribution >= 4 is 13.9 Å². The van der Waals surface area contributed by atoms with Crippen molar-refractivity contribution in [2.45, 2.75) is 26.3 Å². The highest BCUT2D eigenvalue weighted by atomic mass is 31.1. The van der Waals surface area contributed by atoms with Crippen molar-refractivity contribution in [3.63, 3.8) is 0 Å². The lowest BCUT2D eigenvalue weighted by Gasteiger charge is -2.20. The molecule has 1 atom stereocenters. The summed E-state index contributed by atoms with van der Waals surface area (Å²) in [5.74, 6) is -0.725. The van der Waals surface area contributed by atoms with E-state index in [2.05, 4.69) is 4.74 Å². The number of hydrogen-bond donors (Lipinski definition) is 1. The summed E-state index contributed by atoms with van der Waals surface area (Å²) in [4.78, 5) is 25.4. The van der Waals surface area contributed by atoms with E-state index >= 15 is 0 Å². The number of ether oxygens (including phenoxy) is 1. The number of halogens is 3. The van der Waals surface area contributed by atoms with Crippen molar-refractivity contribution in [3.8, 4) is 5.75 Å². The summed E-state index contributed by atoms with van der Waals surface area (Å²) in [6.45, 7) is 1.41. The molecule has 130 valence electrons. The first-order valence-electron chi connectivity index (χ1n) is 6.65. The van der Waals surface area contributed by atoms with Gasteiger partial charge in [-0.25, -0.2) is 5.06 Å². The molecule has 10 heteroatoms. The minimum atomic E-state index is -4.75. The van der Waals surface area contributed by atoms with E-state index in [0.717, 1.165) is 17.2 Å². The van der Waals surface area contributed by atoms with Crippen LogP contribution in [0.1, 0.15) is 18.9 Å². The Hall–Kier alpha value is -1.57. The van der Waals surface area contributed by atoms with Gasteiger partial charge in [0.2, 0.25) is 5.91 Å². The lowest BCUT2D eigenvalue weighted by molar-refractivity contribution is -0.274. The Labute approximate surface area is 131 Å². The van der Waals surface area contributed by atoms with Gasteiger partial charge >= 0.3 is 6.36 Å². The zero-order valence-corrected chi connectivity index (χ0v) is 13.3. The van der Waals surface area contributed by atoms with Crippen LogP contribution < -0.4 is 4.74 Å². The monoisotopic (exact) mass is 355 g/mol. The van der Waals surface area contributed by atoms with E-state index in [9.17, 15) is 22.5 Å². The van der Waals surface area contributed by atoms with Crippen molar-refractivity contribution in [3.05, 3.63) is 29.8 Å². The molecule has 1 N–H and O–H groups in total. The maximum absolute atomic E-state index is 12.0. The van der Waals surface area contributed by atoms with Crippen molar-refractivity contribution in [2.24, 2.45) is 0 Å². The third-order valence-electron chi connectivity index (χ3n) is 2.65. The smallest absolute Gasteiger partial charge is 0.406 e. The van der Waals surface area contributed by atoms with Gasteiger partial charge < -0.3 is 9.63 Å². The van der Waals surface area contributed by atoms with E-state index in [1.54, 1.807) is 0 Å². The van der Waals surface area contributed by atoms with Crippen LogP contribution in [0.15, 0.2) is 24.3 Å². The van der Waals surface area contributed by atoms with Gasteiger partial charge in [0, 0.05) is 19.6 Å². The van der Waals surface area contributed by atoms with Gasteiger partial charge in [0.1, 0.15) is 12.4 Å². The molecule has 1 rings (SSSR count). The SMILES string of the molecule is CC(=O)N(CCC[PH](=O)O)OCc1ccc(OC(F)(F)F)cc1. The van der Waals surface area contributed by atoms with E-state index in [0.29, 0.717) is 12.0 Å². The molecule has 1 unspecified atom stereocenters. The van der Waals surface area contributed by atoms with Gasteiger partial charge in [-0.1, -0.05) is 12.1 Å². The van der Waals surface area contributed by atoms with E-state index in [-0.39, 0.29) is 31.0 Å². The van der Waals surface area contributed by atoms with Crippen LogP contribution in [-0.2, 0) is 20.8 Å². The van der Waals surface area contributed by atoms with E-state index in [1.165, 1.54) is 19.1 Å². The Morgan fingerprint density at radius 2 is 1.91 bits per heavy atom. The van der Waals surface area contributed by atoms with E-state index in [1.807, 2.05) is 0 Å². The number of hydroxylamine groups is 2. The molecule has 0 spiro atoms. The molecule has 0 aromatic heterocycles. The number of benzene rings is 1. The lowest BCUT2D eigenvalue weighted by atomic mass is 10.2. The number of carbonyl (C=O) groups is 1. The fourth-order valence-electron chi connectivity index (χ4n) is 1.63. The predicted octanol–water partition coefficient (Wildman–Crippen LogP) is 2.72. The third-order valence-corrected chi connectivity index (χ3v) is 3.43. The number of carbonyl (C=O) groups excluding carboxylic acids is 1. The zero-order valence-electron chi connectivity index (χ0n) is 12.3. The molecular formula is C13H17F3NO5P. The Kier molecular flexibility index (Phi) is 7.54. The average Bonchev–Trinajstić information content (AvgIpc) is 2.41. The second-order valence-corrected chi connectivity index (χ2v) is 5.87. The number of alkyl halides is 3. The first-order chi connectivity index (χ1) is 10.7. The molecule has 0 radical (unpaired) electrons. The summed E-state index contributed by atoms with van der Waals surface area (Å²) in [7, 11) is -2.59. The van der Waals surface area contributed by atoms with Gasteiger partial charge in [-0.2, -0.15) is 0 Å². The van der Waals surface area contributed by atoms with E-state index in [4.69, 9.17) is 9.73 Å². The molecule has 23 heavy (non-hydrogen) atoms. The van der Waals surface area contributed by atoms with Crippen molar-refractivity contribution < 1.29 is 37.0 Å². The zero-order chi connectivity index (χ0) is 17.5. The summed E-state index contributed by atoms with van der Waals surface area (Å²) < 4.78 is 50.4. The van der Waals surface area contributed by atoms with Gasteiger partial charge in [-0.05, 0) is 24.1 Å². The van der Waals surface area contributed by atoms with Crippen LogP contribution in [0.4, 0.5) is 13.2 Å². The first kappa shape index (κ1) is 19.5. The highest BCUT2D eigenvalue weighted by Gasteiger charge is 2.30. The van der Waals surface area contributed by atoms with Crippen molar-refractivity contribution in [1.82, 2.24) is 5.06 Å². The molecule has 0 bridgehead atoms. The van der Waals surface area contributed by atoms with Gasteiger partial charge in [0.25, 0.3) is 0 Å². The van der Waals surface area contributed by atoms with Crippen LogP contribution in [0.3, 0.4) is 0 Å². The molecule has 0 saturated carbocycles. The maximum Gasteiger partial charge on any atom is 0.573 e. The van der Waals surface area contributed by atoms with Crippen LogP contribution in [-0.4, -0.2) is 34.9 Å². The van der Waals surface area contributed by atoms with Crippen LogP contribution in [0.25, 0.3) is 0 Å². The second kappa shape index (κ2) is 8.90. The quantitative estimate of drug-likeness (QED) is 0.573. The lowest BCUT2D eigenvalue weighted by Crippen LogP contribution is -2.30. The Balaban J connectivity index is 2.50. The first-order valence-corrected chi connectivity index (χ1v) is 8.21. The van der Waals surface area contributed by atoms with Crippen molar-refractivity contribution in [2.75, 3.05) is 12.7 Å². The molecular weight excluding hydrogens is 338 g/mol. The van der Waals surface area contributed by atoms with Gasteiger partial charge in [0.05, 0.1) is 0 Å². The van der Waals surface area contributed by atoms with Crippen LogP contribution in [0, 0.1) is 0 Å². The number of hydrogen-bond acceptors (Lipinski definition) is 4. The van der Waals surface area contributed by atoms with Crippen molar-refractivity contribution in [1.29, 1.82) is 0 Å². The molecule has 0 aliphatic carbocycles. The predicted molar refractivity (Wildman–Crippen MR) is 76.0 cm³/mol. The fourth-order valence-corrected chi connectivity index (χ4v) is 2.09. The topological polar surface area (TPSA) is 76.1 Å². The Morgan fingerprint density at radius 3 is 2.39 bits per heavy atom. The minimum absolute atomic E-state index is 0.0276. The molecule has 1 amide bonds. The summed E-state index contributed by atoms with van der Waals surface area (Å²) in [6, 6.07) is 5.04. The summed E-state index contributed by atoms with van der Waals surface area (Å²) in [5.41, 5.74) is 0.543. The Morgan fingerprint density at radius 1 is 1.30 bits per heavy atom. The summed E-state index contributed by atoms with van der Waals surface area (Å²) in [5, 5.41) is 1.05. The van der Waals surface area contributed by atoms with Gasteiger partial charge in [-0.3, -0.25) is 14.2 Å². The normalized spacial score (nSPS) is 12.7. The van der Waals surface area contributed by atoms with Crippen LogP contribution in [0.5, 0.6) is 5.75 Å². The second-order valence-electron chi connectivity index (χ2n) is 4.58. The molecule has 6 nitrogen and oxygen atoms in total. The summed E-state index contributed by atoms with van der Waals surface area (Å²) in [6.07, 6.45) is -4.36. The largest absolute Gasteiger partial charge is 0.573 e. The molecule has 0 heterocycles. The highest BCUT2D eigenvalue weighted by Crippen LogP contribution is 2.23. The molecule has 1 aromatic rings. The Bertz CT molecular complexity index is 535. The molecule has 0 aliphatic heterocycles. The number of nitrogens with zero attached hydrogens (tertiary/aromatic N) is 1. The average molecular weight is 355 g/mol. The number of rotatable bonds is 8. The fraction of sp³-hybridized carbons (Fsp3) is 0.462. The molecule has 0 aliphatic rings. The minimum Gasteiger partial charge on any atom is -0.406 e. The van der Waals surface area contributed by atoms with Gasteiger partial charge in [0.15, 0.2) is 8.03 Å². The van der Waals surface area contributed by atoms with Crippen LogP contribution >= 0.6 is 8.03 Å². The molecule has 0 saturated heterocycles. The van der Waals surface area contributed by atoms with Gasteiger partial charge in [-0.15, -0.1) is 13.2 Å². The highest BCUT2D eigenvalue weighted by molar-refractivity contribution is 7.37.